The van der Waals surface area contributed by atoms with Crippen LogP contribution >= 0.6 is 0 Å². The minimum Gasteiger partial charge on any atom is -0.394 e. The highest BCUT2D eigenvalue weighted by molar-refractivity contribution is 5.76. The number of hydrogen-bond donors (Lipinski definition) is 12. The van der Waals surface area contributed by atoms with Crippen molar-refractivity contribution < 1.29 is 89.4 Å². The second kappa shape index (κ2) is 37.9. The molecule has 0 radical (unpaired) electrons. The lowest BCUT2D eigenvalue weighted by Crippen LogP contribution is -2.66. The van der Waals surface area contributed by atoms with E-state index in [1.54, 1.807) is 6.08 Å². The lowest BCUT2D eigenvalue weighted by atomic mass is 9.96. The third-order valence-corrected chi connectivity index (χ3v) is 13.0. The monoisotopic (exact) mass is 1040 g/mol. The van der Waals surface area contributed by atoms with E-state index in [0.29, 0.717) is 12.8 Å². The molecule has 3 saturated heterocycles. The van der Waals surface area contributed by atoms with Gasteiger partial charge in [0.15, 0.2) is 18.9 Å². The van der Waals surface area contributed by atoms with E-state index < -0.39 is 124 Å². The van der Waals surface area contributed by atoms with Crippen molar-refractivity contribution in [3.63, 3.8) is 0 Å². The Morgan fingerprint density at radius 3 is 1.53 bits per heavy atom. The summed E-state index contributed by atoms with van der Waals surface area (Å²) in [6.07, 6.45) is 14.7. The third kappa shape index (κ3) is 23.2. The molecule has 3 fully saturated rings. The van der Waals surface area contributed by atoms with E-state index in [-0.39, 0.29) is 18.9 Å². The smallest absolute Gasteiger partial charge is 0.220 e. The Kier molecular flexibility index (Phi) is 33.5. The van der Waals surface area contributed by atoms with E-state index in [1.807, 2.05) is 6.08 Å². The predicted octanol–water partition coefficient (Wildman–Crippen LogP) is 2.70. The molecule has 12 N–H and O–H groups in total. The van der Waals surface area contributed by atoms with Crippen molar-refractivity contribution in [2.24, 2.45) is 0 Å². The number of carbonyl (C=O) groups excluding carboxylic acids is 1. The lowest BCUT2D eigenvalue weighted by molar-refractivity contribution is -0.379. The van der Waals surface area contributed by atoms with Crippen LogP contribution in [0.3, 0.4) is 0 Å². The van der Waals surface area contributed by atoms with Crippen molar-refractivity contribution in [1.29, 1.82) is 0 Å². The summed E-state index contributed by atoms with van der Waals surface area (Å²) >= 11 is 0. The summed E-state index contributed by atoms with van der Waals surface area (Å²) in [6, 6.07) is -1.01. The van der Waals surface area contributed by atoms with Gasteiger partial charge in [-0.2, -0.15) is 0 Å². The highest BCUT2D eigenvalue weighted by atomic mass is 16.8. The van der Waals surface area contributed by atoms with Crippen molar-refractivity contribution in [1.82, 2.24) is 5.32 Å². The van der Waals surface area contributed by atoms with Gasteiger partial charge in [-0.15, -0.1) is 0 Å². The fourth-order valence-corrected chi connectivity index (χ4v) is 8.53. The highest BCUT2D eigenvalue weighted by Crippen LogP contribution is 2.33. The molecule has 17 unspecified atom stereocenters. The molecule has 19 heteroatoms. The van der Waals surface area contributed by atoms with E-state index in [1.165, 1.54) is 19.3 Å². The van der Waals surface area contributed by atoms with Crippen molar-refractivity contribution >= 4 is 5.91 Å². The SMILES string of the molecule is CC/C=C\C/C=C\C/C=C\CCCCCCCC(=O)NC(COC1OC(CO)C(OC2OC(CO)C(OC3OC(CO)C(O)C(O)C3O)C(O)C2O)C(O)C1O)C(O)/C=C/CC/C=C/CC/C=C/CCCCC. The number of amides is 1. The second-order valence-electron chi connectivity index (χ2n) is 18.9. The van der Waals surface area contributed by atoms with Crippen LogP contribution in [0.1, 0.15) is 129 Å². The Balaban J connectivity index is 1.57. The lowest BCUT2D eigenvalue weighted by Gasteiger charge is -2.48. The summed E-state index contributed by atoms with van der Waals surface area (Å²) < 4.78 is 34.1. The molecule has 19 nitrogen and oxygen atoms in total. The molecule has 0 aromatic rings. The first kappa shape index (κ1) is 64.5. The number of hydrogen-bond acceptors (Lipinski definition) is 18. The van der Waals surface area contributed by atoms with Crippen molar-refractivity contribution in [2.75, 3.05) is 26.4 Å². The number of ether oxygens (including phenoxy) is 6. The summed E-state index contributed by atoms with van der Waals surface area (Å²) in [7, 11) is 0. The van der Waals surface area contributed by atoms with Gasteiger partial charge in [0.2, 0.25) is 5.91 Å². The topological polar surface area (TPSA) is 307 Å². The predicted molar refractivity (Wildman–Crippen MR) is 272 cm³/mol. The minimum absolute atomic E-state index is 0.208. The van der Waals surface area contributed by atoms with Crippen LogP contribution in [0.4, 0.5) is 0 Å². The van der Waals surface area contributed by atoms with Gasteiger partial charge in [0, 0.05) is 6.42 Å². The zero-order valence-electron chi connectivity index (χ0n) is 43.1. The maximum absolute atomic E-state index is 13.2. The molecule has 420 valence electrons. The van der Waals surface area contributed by atoms with Crippen molar-refractivity contribution in [3.8, 4) is 0 Å². The molecule has 0 aliphatic carbocycles. The maximum atomic E-state index is 13.2. The summed E-state index contributed by atoms with van der Waals surface area (Å²) in [6.45, 7) is 1.48. The maximum Gasteiger partial charge on any atom is 0.220 e. The van der Waals surface area contributed by atoms with E-state index in [2.05, 4.69) is 79.9 Å². The molecule has 0 aromatic heterocycles. The number of carbonyl (C=O) groups is 1. The molecule has 3 heterocycles. The number of allylic oxidation sites excluding steroid dienone is 11. The van der Waals surface area contributed by atoms with Gasteiger partial charge in [-0.05, 0) is 77.0 Å². The van der Waals surface area contributed by atoms with Gasteiger partial charge < -0.3 is 89.9 Å². The zero-order chi connectivity index (χ0) is 53.4. The van der Waals surface area contributed by atoms with Gasteiger partial charge >= 0.3 is 0 Å². The molecule has 73 heavy (non-hydrogen) atoms. The number of rotatable bonds is 36. The molecule has 0 aromatic carbocycles. The van der Waals surface area contributed by atoms with Gasteiger partial charge in [0.05, 0.1) is 38.6 Å². The van der Waals surface area contributed by atoms with Crippen LogP contribution in [0.2, 0.25) is 0 Å². The van der Waals surface area contributed by atoms with Crippen LogP contribution < -0.4 is 5.32 Å². The quantitative estimate of drug-likeness (QED) is 0.0317. The molecule has 17 atom stereocenters. The van der Waals surface area contributed by atoms with E-state index in [0.717, 1.165) is 77.0 Å². The van der Waals surface area contributed by atoms with Crippen LogP contribution in [0.15, 0.2) is 72.9 Å². The van der Waals surface area contributed by atoms with Crippen LogP contribution in [-0.2, 0) is 33.2 Å². The fraction of sp³-hybridized carbons (Fsp3) is 0.759. The van der Waals surface area contributed by atoms with Gasteiger partial charge in [-0.25, -0.2) is 0 Å². The molecule has 0 bridgehead atoms. The molecule has 0 saturated carbocycles. The normalized spacial score (nSPS) is 32.3. The first-order chi connectivity index (χ1) is 35.3. The second-order valence-corrected chi connectivity index (χ2v) is 18.9. The van der Waals surface area contributed by atoms with Gasteiger partial charge in [-0.3, -0.25) is 4.79 Å². The third-order valence-electron chi connectivity index (χ3n) is 13.0. The number of unbranched alkanes of at least 4 members (excludes halogenated alkanes) is 10. The van der Waals surface area contributed by atoms with Crippen LogP contribution in [0, 0.1) is 0 Å². The molecular formula is C54H91NO18. The van der Waals surface area contributed by atoms with Crippen LogP contribution in [0.25, 0.3) is 0 Å². The Hall–Kier alpha value is -2.77. The molecule has 3 rings (SSSR count). The largest absolute Gasteiger partial charge is 0.394 e. The number of nitrogens with one attached hydrogen (secondary N) is 1. The standard InChI is InChI=1S/C54H91NO18/c1-3-5-7-9-11-13-15-17-18-20-22-24-26-28-30-32-42(60)55-37(38(59)31-29-27-25-23-21-19-16-14-12-10-8-6-4-2)36-68-52-48(66)45(63)50(40(34-57)70-52)73-54-49(67)46(64)51(41(35-58)71-54)72-53-47(65)44(62)43(61)39(33-56)69-53/h5,7,11-14,17-18,21,23,29,31,37-41,43-54,56-59,61-67H,3-4,6,8-10,15-16,19-20,22,24-28,30,32-36H2,1-2H3,(H,55,60)/b7-5-,13-11-,14-12+,18-17-,23-21+,31-29+. The Labute approximate surface area is 432 Å². The summed E-state index contributed by atoms with van der Waals surface area (Å²) in [5.41, 5.74) is 0. The Morgan fingerprint density at radius 1 is 0.507 bits per heavy atom. The van der Waals surface area contributed by atoms with Gasteiger partial charge in [0.25, 0.3) is 0 Å². The van der Waals surface area contributed by atoms with E-state index >= 15 is 0 Å². The van der Waals surface area contributed by atoms with E-state index in [4.69, 9.17) is 28.4 Å². The zero-order valence-corrected chi connectivity index (χ0v) is 43.1. The van der Waals surface area contributed by atoms with Gasteiger partial charge in [0.1, 0.15) is 73.2 Å². The Morgan fingerprint density at radius 2 is 0.959 bits per heavy atom. The van der Waals surface area contributed by atoms with Crippen molar-refractivity contribution in [3.05, 3.63) is 72.9 Å². The average Bonchev–Trinajstić information content (AvgIpc) is 3.39. The van der Waals surface area contributed by atoms with Crippen LogP contribution in [-0.4, -0.2) is 193 Å². The first-order valence-electron chi connectivity index (χ1n) is 26.7. The molecule has 1 amide bonds. The molecule has 3 aliphatic heterocycles. The van der Waals surface area contributed by atoms with Crippen LogP contribution in [0.5, 0.6) is 0 Å². The summed E-state index contributed by atoms with van der Waals surface area (Å²) in [4.78, 5) is 13.2. The average molecular weight is 1040 g/mol. The first-order valence-corrected chi connectivity index (χ1v) is 26.7. The number of aliphatic hydroxyl groups excluding tert-OH is 11. The van der Waals surface area contributed by atoms with E-state index in [9.17, 15) is 61.0 Å². The number of aliphatic hydroxyl groups is 11. The Bertz CT molecular complexity index is 1620. The summed E-state index contributed by atoms with van der Waals surface area (Å²) in [5.74, 6) is -0.313. The molecule has 0 spiro atoms. The van der Waals surface area contributed by atoms with Gasteiger partial charge in [-0.1, -0.05) is 119 Å². The molecule has 3 aliphatic rings. The van der Waals surface area contributed by atoms with Crippen molar-refractivity contribution in [2.45, 2.75) is 234 Å². The fourth-order valence-electron chi connectivity index (χ4n) is 8.53. The highest BCUT2D eigenvalue weighted by Gasteiger charge is 2.53. The molecular weight excluding hydrogens is 951 g/mol. The summed E-state index contributed by atoms with van der Waals surface area (Å²) in [5, 5.41) is 120. The minimum atomic E-state index is -1.99.